The Morgan fingerprint density at radius 3 is 2.80 bits per heavy atom. The monoisotopic (exact) mass is 428 g/mol. The van der Waals surface area contributed by atoms with E-state index in [0.29, 0.717) is 0 Å². The number of hydrogen-bond acceptors (Lipinski definition) is 7. The Hall–Kier alpha value is -2.72. The van der Waals surface area contributed by atoms with Crippen molar-refractivity contribution in [2.75, 3.05) is 18.5 Å². The summed E-state index contributed by atoms with van der Waals surface area (Å²) in [6, 6.07) is 4.60. The van der Waals surface area contributed by atoms with Gasteiger partial charge in [-0.1, -0.05) is 6.07 Å². The SMILES string of the molecule is CCOC1CC(N)(N)NC(=N[C@@H](CO)C(=O)Nc2cccc(C(F)(F)F)c2)C1C#N. The van der Waals surface area contributed by atoms with Crippen molar-refractivity contribution in [3.8, 4) is 6.07 Å². The molecule has 3 atom stereocenters. The molecule has 7 N–H and O–H groups in total. The third-order valence-electron chi connectivity index (χ3n) is 4.31. The second kappa shape index (κ2) is 9.40. The topological polar surface area (TPSA) is 159 Å². The maximum absolute atomic E-state index is 12.8. The number of anilines is 1. The van der Waals surface area contributed by atoms with Gasteiger partial charge in [-0.25, -0.2) is 0 Å². The van der Waals surface area contributed by atoms with Gasteiger partial charge in [0.2, 0.25) is 0 Å². The van der Waals surface area contributed by atoms with Gasteiger partial charge in [0.1, 0.15) is 17.5 Å². The summed E-state index contributed by atoms with van der Waals surface area (Å²) < 4.78 is 44.0. The Labute approximate surface area is 170 Å². The molecule has 0 spiro atoms. The fourth-order valence-corrected chi connectivity index (χ4v) is 2.97. The molecule has 164 valence electrons. The van der Waals surface area contributed by atoms with Crippen LogP contribution < -0.4 is 22.1 Å². The fourth-order valence-electron chi connectivity index (χ4n) is 2.97. The predicted molar refractivity (Wildman–Crippen MR) is 102 cm³/mol. The van der Waals surface area contributed by atoms with Crippen LogP contribution in [0.2, 0.25) is 0 Å². The van der Waals surface area contributed by atoms with E-state index in [-0.39, 0.29) is 24.6 Å². The highest BCUT2D eigenvalue weighted by atomic mass is 19.4. The summed E-state index contributed by atoms with van der Waals surface area (Å²) in [5, 5.41) is 24.0. The zero-order valence-corrected chi connectivity index (χ0v) is 16.1. The van der Waals surface area contributed by atoms with Crippen molar-refractivity contribution >= 4 is 17.4 Å². The third kappa shape index (κ3) is 5.90. The van der Waals surface area contributed by atoms with Crippen molar-refractivity contribution in [3.05, 3.63) is 29.8 Å². The number of nitrogens with one attached hydrogen (secondary N) is 2. The Morgan fingerprint density at radius 1 is 1.53 bits per heavy atom. The van der Waals surface area contributed by atoms with E-state index in [9.17, 15) is 28.3 Å². The molecule has 0 aromatic heterocycles. The molecule has 0 radical (unpaired) electrons. The lowest BCUT2D eigenvalue weighted by Crippen LogP contribution is -2.70. The van der Waals surface area contributed by atoms with Crippen LogP contribution in [0.15, 0.2) is 29.3 Å². The molecule has 1 fully saturated rings. The van der Waals surface area contributed by atoms with E-state index < -0.39 is 48.1 Å². The molecule has 0 bridgehead atoms. The highest BCUT2D eigenvalue weighted by Crippen LogP contribution is 2.30. The molecule has 9 nitrogen and oxygen atoms in total. The van der Waals surface area contributed by atoms with Crippen LogP contribution in [-0.4, -0.2) is 48.0 Å². The van der Waals surface area contributed by atoms with Crippen LogP contribution in [0, 0.1) is 17.2 Å². The van der Waals surface area contributed by atoms with Gasteiger partial charge in [0.05, 0.1) is 24.3 Å². The van der Waals surface area contributed by atoms with Crippen LogP contribution in [0.4, 0.5) is 18.9 Å². The molecule has 1 aliphatic rings. The number of piperidine rings is 1. The standard InChI is InChI=1S/C18H23F3N6O3/c1-2-30-14-7-17(23,24)27-15(12(14)8-22)26-13(9-28)16(29)25-11-5-3-4-10(6-11)18(19,20)21/h3-6,12-14,28H,2,7,9,23-24H2,1H3,(H,25,29)(H,26,27)/t12?,13-,14?/m0/s1. The van der Waals surface area contributed by atoms with Crippen LogP contribution in [0.3, 0.4) is 0 Å². The van der Waals surface area contributed by atoms with E-state index in [1.165, 1.54) is 6.07 Å². The Bertz CT molecular complexity index is 837. The number of benzene rings is 1. The average Bonchev–Trinajstić information content (AvgIpc) is 2.65. The molecule has 0 saturated carbocycles. The van der Waals surface area contributed by atoms with Crippen molar-refractivity contribution in [2.45, 2.75) is 37.5 Å². The number of aliphatic hydroxyl groups is 1. The minimum absolute atomic E-state index is 0.0505. The lowest BCUT2D eigenvalue weighted by molar-refractivity contribution is -0.137. The summed E-state index contributed by atoms with van der Waals surface area (Å²) in [4.78, 5) is 16.5. The first-order chi connectivity index (χ1) is 14.0. The van der Waals surface area contributed by atoms with E-state index in [1.807, 2.05) is 6.07 Å². The lowest BCUT2D eigenvalue weighted by Gasteiger charge is -2.39. The molecule has 1 aromatic carbocycles. The highest BCUT2D eigenvalue weighted by molar-refractivity contribution is 5.98. The number of carbonyl (C=O) groups is 1. The quantitative estimate of drug-likeness (QED) is 0.413. The van der Waals surface area contributed by atoms with Gasteiger partial charge in [0.25, 0.3) is 5.91 Å². The zero-order valence-electron chi connectivity index (χ0n) is 16.1. The van der Waals surface area contributed by atoms with Gasteiger partial charge in [0.15, 0.2) is 6.04 Å². The van der Waals surface area contributed by atoms with Gasteiger partial charge in [-0.2, -0.15) is 18.4 Å². The maximum Gasteiger partial charge on any atom is 0.416 e. The highest BCUT2D eigenvalue weighted by Gasteiger charge is 2.41. The summed E-state index contributed by atoms with van der Waals surface area (Å²) >= 11 is 0. The summed E-state index contributed by atoms with van der Waals surface area (Å²) in [5.74, 6) is -3.32. The Balaban J connectivity index is 2.26. The molecule has 1 saturated heterocycles. The van der Waals surface area contributed by atoms with E-state index in [4.69, 9.17) is 16.2 Å². The van der Waals surface area contributed by atoms with Crippen molar-refractivity contribution in [3.63, 3.8) is 0 Å². The minimum Gasteiger partial charge on any atom is -0.394 e. The number of aliphatic hydroxyl groups excluding tert-OH is 1. The summed E-state index contributed by atoms with van der Waals surface area (Å²) in [6.07, 6.45) is -5.18. The lowest BCUT2D eigenvalue weighted by atomic mass is 9.91. The predicted octanol–water partition coefficient (Wildman–Crippen LogP) is 0.513. The normalized spacial score (nSPS) is 23.3. The van der Waals surface area contributed by atoms with Crippen molar-refractivity contribution in [1.82, 2.24) is 5.32 Å². The zero-order chi connectivity index (χ0) is 22.5. The van der Waals surface area contributed by atoms with Crippen LogP contribution in [0.5, 0.6) is 0 Å². The first-order valence-electron chi connectivity index (χ1n) is 9.04. The van der Waals surface area contributed by atoms with Crippen molar-refractivity contribution in [1.29, 1.82) is 5.26 Å². The number of ether oxygens (including phenoxy) is 1. The van der Waals surface area contributed by atoms with Gasteiger partial charge < -0.3 is 20.5 Å². The first-order valence-corrected chi connectivity index (χ1v) is 9.04. The van der Waals surface area contributed by atoms with Crippen LogP contribution >= 0.6 is 0 Å². The molecule has 2 rings (SSSR count). The molecule has 1 aromatic rings. The van der Waals surface area contributed by atoms with E-state index in [1.54, 1.807) is 6.92 Å². The van der Waals surface area contributed by atoms with Gasteiger partial charge in [-0.05, 0) is 25.1 Å². The fraction of sp³-hybridized carbons (Fsp3) is 0.500. The summed E-state index contributed by atoms with van der Waals surface area (Å²) in [7, 11) is 0. The number of carbonyl (C=O) groups excluding carboxylic acids is 1. The number of aliphatic imine (C=N–C) groups is 1. The van der Waals surface area contributed by atoms with Crippen molar-refractivity contribution < 1.29 is 27.8 Å². The van der Waals surface area contributed by atoms with Gasteiger partial charge in [-0.15, -0.1) is 0 Å². The van der Waals surface area contributed by atoms with Gasteiger partial charge in [-0.3, -0.25) is 21.3 Å². The number of nitrogens with zero attached hydrogens (tertiary/aromatic N) is 2. The molecule has 0 aliphatic carbocycles. The number of amides is 1. The van der Waals surface area contributed by atoms with E-state index in [0.717, 1.165) is 18.2 Å². The average molecular weight is 428 g/mol. The molecule has 2 unspecified atom stereocenters. The third-order valence-corrected chi connectivity index (χ3v) is 4.31. The Morgan fingerprint density at radius 2 is 2.23 bits per heavy atom. The number of hydrogen-bond donors (Lipinski definition) is 5. The molecule has 1 amide bonds. The summed E-state index contributed by atoms with van der Waals surface area (Å²) in [5.41, 5.74) is 10.7. The number of nitrogens with two attached hydrogens (primary N) is 2. The van der Waals surface area contributed by atoms with Crippen LogP contribution in [0.1, 0.15) is 18.9 Å². The Kier molecular flexibility index (Phi) is 7.38. The molecule has 30 heavy (non-hydrogen) atoms. The smallest absolute Gasteiger partial charge is 0.394 e. The molecular formula is C18H23F3N6O3. The first kappa shape index (κ1) is 23.6. The molecule has 12 heteroatoms. The molecule has 1 heterocycles. The summed E-state index contributed by atoms with van der Waals surface area (Å²) in [6.45, 7) is 1.24. The van der Waals surface area contributed by atoms with Crippen molar-refractivity contribution in [2.24, 2.45) is 22.4 Å². The van der Waals surface area contributed by atoms with E-state index in [2.05, 4.69) is 15.6 Å². The number of halogens is 3. The van der Waals surface area contributed by atoms with Crippen LogP contribution in [0.25, 0.3) is 0 Å². The number of amidine groups is 1. The second-order valence-electron chi connectivity index (χ2n) is 6.75. The second-order valence-corrected chi connectivity index (χ2v) is 6.75. The minimum atomic E-state index is -4.58. The van der Waals surface area contributed by atoms with E-state index >= 15 is 0 Å². The van der Waals surface area contributed by atoms with Gasteiger partial charge in [0, 0.05) is 18.7 Å². The number of nitriles is 1. The van der Waals surface area contributed by atoms with Crippen LogP contribution in [-0.2, 0) is 15.7 Å². The number of alkyl halides is 3. The van der Waals surface area contributed by atoms with Gasteiger partial charge >= 0.3 is 6.18 Å². The molecular weight excluding hydrogens is 405 g/mol. The largest absolute Gasteiger partial charge is 0.416 e. The number of rotatable bonds is 6. The maximum atomic E-state index is 12.8. The molecule has 1 aliphatic heterocycles.